The molecule has 3 aliphatic heterocycles. The smallest absolute Gasteiger partial charge is 0.408 e. The number of aromatic nitrogens is 2. The Balaban J connectivity index is 1.00. The highest BCUT2D eigenvalue weighted by Gasteiger charge is 2.41. The molecular weight excluding hydrogens is 652 g/mol. The first-order chi connectivity index (χ1) is 24.9. The molecule has 4 aromatic rings. The standard InChI is InChI=1S/C38H40N6O7/c45-24-26-7-9-28(10-8-26)33-21-31(23-42-17-19-43(20-18-42)37-39-15-4-16-40-37)50-36(51-33)29-11-13-30(14-12-29)44-34(46)22-32(35(44)47)41-38(48)49-25-27-5-2-1-3-6-27/h1-16,31-33,36,45H,17-25H2,(H,41,48). The van der Waals surface area contributed by atoms with Gasteiger partial charge in [-0.15, -0.1) is 0 Å². The van der Waals surface area contributed by atoms with Crippen LogP contribution >= 0.6 is 0 Å². The van der Waals surface area contributed by atoms with Gasteiger partial charge in [0.1, 0.15) is 12.6 Å². The van der Waals surface area contributed by atoms with Crippen LogP contribution in [-0.4, -0.2) is 82.8 Å². The van der Waals surface area contributed by atoms with Crippen LogP contribution in [0.15, 0.2) is 97.3 Å². The van der Waals surface area contributed by atoms with Crippen LogP contribution in [0.2, 0.25) is 0 Å². The molecule has 0 spiro atoms. The molecule has 264 valence electrons. The molecule has 3 aliphatic rings. The fourth-order valence-electron chi connectivity index (χ4n) is 6.61. The minimum atomic E-state index is -1.02. The number of anilines is 2. The van der Waals surface area contributed by atoms with Gasteiger partial charge in [-0.25, -0.2) is 19.7 Å². The van der Waals surface area contributed by atoms with E-state index < -0.39 is 30.2 Å². The lowest BCUT2D eigenvalue weighted by atomic mass is 9.99. The summed E-state index contributed by atoms with van der Waals surface area (Å²) in [6.07, 6.45) is 2.14. The second kappa shape index (κ2) is 15.8. The number of carbonyl (C=O) groups is 3. The molecule has 4 unspecified atom stereocenters. The van der Waals surface area contributed by atoms with Gasteiger partial charge in [-0.3, -0.25) is 14.5 Å². The maximum Gasteiger partial charge on any atom is 0.408 e. The summed E-state index contributed by atoms with van der Waals surface area (Å²) in [5, 5.41) is 12.1. The van der Waals surface area contributed by atoms with E-state index in [4.69, 9.17) is 14.2 Å². The summed E-state index contributed by atoms with van der Waals surface area (Å²) in [6, 6.07) is 24.7. The maximum absolute atomic E-state index is 13.2. The van der Waals surface area contributed by atoms with Crippen LogP contribution in [0.3, 0.4) is 0 Å². The molecular formula is C38H40N6O7. The van der Waals surface area contributed by atoms with E-state index in [9.17, 15) is 19.5 Å². The lowest BCUT2D eigenvalue weighted by molar-refractivity contribution is -0.253. The minimum absolute atomic E-state index is 0.0380. The van der Waals surface area contributed by atoms with Gasteiger partial charge in [0, 0.05) is 57.1 Å². The molecule has 7 rings (SSSR count). The Morgan fingerprint density at radius 3 is 2.25 bits per heavy atom. The third-order valence-electron chi connectivity index (χ3n) is 9.36. The molecule has 4 heterocycles. The zero-order valence-corrected chi connectivity index (χ0v) is 28.0. The zero-order valence-electron chi connectivity index (χ0n) is 28.0. The van der Waals surface area contributed by atoms with Crippen molar-refractivity contribution in [2.24, 2.45) is 0 Å². The summed E-state index contributed by atoms with van der Waals surface area (Å²) in [4.78, 5) is 53.0. The molecule has 3 amide bonds. The number of piperazine rings is 1. The number of nitrogens with zero attached hydrogens (tertiary/aromatic N) is 5. The quantitative estimate of drug-likeness (QED) is 0.234. The van der Waals surface area contributed by atoms with Gasteiger partial charge in [0.2, 0.25) is 11.9 Å². The Morgan fingerprint density at radius 2 is 1.55 bits per heavy atom. The predicted octanol–water partition coefficient (Wildman–Crippen LogP) is 3.89. The van der Waals surface area contributed by atoms with Gasteiger partial charge in [-0.1, -0.05) is 66.7 Å². The van der Waals surface area contributed by atoms with E-state index in [0.29, 0.717) is 18.7 Å². The minimum Gasteiger partial charge on any atom is -0.445 e. The van der Waals surface area contributed by atoms with Gasteiger partial charge in [-0.05, 0) is 34.9 Å². The van der Waals surface area contributed by atoms with E-state index in [-0.39, 0.29) is 31.8 Å². The lowest BCUT2D eigenvalue weighted by Gasteiger charge is -2.40. The third kappa shape index (κ3) is 8.24. The molecule has 4 atom stereocenters. The summed E-state index contributed by atoms with van der Waals surface area (Å²) in [7, 11) is 0. The maximum atomic E-state index is 13.2. The Labute approximate surface area is 295 Å². The number of hydrogen-bond acceptors (Lipinski definition) is 11. The van der Waals surface area contributed by atoms with Crippen molar-refractivity contribution in [3.63, 3.8) is 0 Å². The van der Waals surface area contributed by atoms with Crippen LogP contribution in [0.25, 0.3) is 0 Å². The van der Waals surface area contributed by atoms with Crippen LogP contribution in [0.1, 0.15) is 47.5 Å². The topological polar surface area (TPSA) is 147 Å². The molecule has 3 aromatic carbocycles. The molecule has 13 heteroatoms. The number of hydrogen-bond donors (Lipinski definition) is 2. The highest BCUT2D eigenvalue weighted by atomic mass is 16.7. The lowest BCUT2D eigenvalue weighted by Crippen LogP contribution is -2.50. The number of ether oxygens (including phenoxy) is 3. The average Bonchev–Trinajstić information content (AvgIpc) is 3.46. The second-order valence-electron chi connectivity index (χ2n) is 12.8. The number of amides is 3. The van der Waals surface area contributed by atoms with E-state index in [1.807, 2.05) is 60.7 Å². The van der Waals surface area contributed by atoms with Crippen LogP contribution in [0, 0.1) is 0 Å². The van der Waals surface area contributed by atoms with Gasteiger partial charge in [-0.2, -0.15) is 0 Å². The normalized spacial score (nSPS) is 22.6. The second-order valence-corrected chi connectivity index (χ2v) is 12.8. The van der Waals surface area contributed by atoms with Crippen LogP contribution in [-0.2, 0) is 37.0 Å². The van der Waals surface area contributed by atoms with Crippen LogP contribution in [0.4, 0.5) is 16.4 Å². The first-order valence-corrected chi connectivity index (χ1v) is 17.1. The number of aliphatic hydroxyl groups excluding tert-OH is 1. The molecule has 0 radical (unpaired) electrons. The van der Waals surface area contributed by atoms with Gasteiger partial charge in [0.05, 0.1) is 30.9 Å². The van der Waals surface area contributed by atoms with Crippen LogP contribution < -0.4 is 15.1 Å². The molecule has 3 saturated heterocycles. The monoisotopic (exact) mass is 692 g/mol. The summed E-state index contributed by atoms with van der Waals surface area (Å²) in [5.41, 5.74) is 3.75. The summed E-state index contributed by atoms with van der Waals surface area (Å²) in [5.74, 6) is -0.212. The van der Waals surface area contributed by atoms with E-state index >= 15 is 0 Å². The fourth-order valence-corrected chi connectivity index (χ4v) is 6.61. The van der Waals surface area contributed by atoms with E-state index in [1.54, 1.807) is 36.7 Å². The Morgan fingerprint density at radius 1 is 0.843 bits per heavy atom. The first-order valence-electron chi connectivity index (χ1n) is 17.1. The van der Waals surface area contributed by atoms with Crippen molar-refractivity contribution in [3.05, 3.63) is 120 Å². The molecule has 0 saturated carbocycles. The van der Waals surface area contributed by atoms with E-state index in [1.165, 1.54) is 0 Å². The van der Waals surface area contributed by atoms with E-state index in [2.05, 4.69) is 25.1 Å². The first kappa shape index (κ1) is 34.2. The van der Waals surface area contributed by atoms with Crippen LogP contribution in [0.5, 0.6) is 0 Å². The fraction of sp³-hybridized carbons (Fsp3) is 0.342. The largest absolute Gasteiger partial charge is 0.445 e. The summed E-state index contributed by atoms with van der Waals surface area (Å²) in [6.45, 7) is 4.02. The SMILES string of the molecule is O=C(NC1CC(=O)N(c2ccc(C3OC(CN4CCN(c5ncccn5)CC4)CC(c4ccc(CO)cc4)O3)cc2)C1=O)OCc1ccccc1. The summed E-state index contributed by atoms with van der Waals surface area (Å²) < 4.78 is 18.3. The molecule has 51 heavy (non-hydrogen) atoms. The average molecular weight is 693 g/mol. The highest BCUT2D eigenvalue weighted by Crippen LogP contribution is 2.39. The number of nitrogens with one attached hydrogen (secondary N) is 1. The van der Waals surface area contributed by atoms with Gasteiger partial charge in [0.25, 0.3) is 5.91 Å². The van der Waals surface area contributed by atoms with Crippen molar-refractivity contribution in [1.29, 1.82) is 0 Å². The Kier molecular flexibility index (Phi) is 10.6. The number of imide groups is 1. The van der Waals surface area contributed by atoms with E-state index in [0.717, 1.165) is 59.3 Å². The Hall–Kier alpha value is -5.21. The molecule has 0 aliphatic carbocycles. The van der Waals surface area contributed by atoms with Crippen molar-refractivity contribution >= 4 is 29.5 Å². The zero-order chi connectivity index (χ0) is 35.2. The number of alkyl carbamates (subject to hydrolysis) is 1. The molecule has 13 nitrogen and oxygen atoms in total. The van der Waals surface area contributed by atoms with Crippen molar-refractivity contribution in [2.45, 2.75) is 50.6 Å². The van der Waals surface area contributed by atoms with Crippen molar-refractivity contribution < 1.29 is 33.7 Å². The predicted molar refractivity (Wildman–Crippen MR) is 186 cm³/mol. The van der Waals surface area contributed by atoms with Crippen molar-refractivity contribution in [2.75, 3.05) is 42.5 Å². The van der Waals surface area contributed by atoms with Gasteiger partial charge >= 0.3 is 6.09 Å². The molecule has 0 bridgehead atoms. The van der Waals surface area contributed by atoms with Crippen molar-refractivity contribution in [3.8, 4) is 0 Å². The molecule has 3 fully saturated rings. The van der Waals surface area contributed by atoms with Gasteiger partial charge < -0.3 is 29.5 Å². The number of aliphatic hydroxyl groups is 1. The molecule has 2 N–H and O–H groups in total. The number of carbonyl (C=O) groups excluding carboxylic acids is 3. The Bertz CT molecular complexity index is 1790. The number of rotatable bonds is 10. The highest BCUT2D eigenvalue weighted by molar-refractivity contribution is 6.22. The van der Waals surface area contributed by atoms with Gasteiger partial charge in [0.15, 0.2) is 6.29 Å². The van der Waals surface area contributed by atoms with Crippen molar-refractivity contribution in [1.82, 2.24) is 20.2 Å². The number of benzene rings is 3. The third-order valence-corrected chi connectivity index (χ3v) is 9.36. The molecule has 1 aromatic heterocycles. The summed E-state index contributed by atoms with van der Waals surface area (Å²) >= 11 is 0.